The first kappa shape index (κ1) is 27.0. The van der Waals surface area contributed by atoms with Crippen LogP contribution in [0, 0.1) is 11.8 Å². The lowest BCUT2D eigenvalue weighted by molar-refractivity contribution is -0.140. The van der Waals surface area contributed by atoms with Crippen molar-refractivity contribution in [3.05, 3.63) is 47.7 Å². The van der Waals surface area contributed by atoms with Crippen LogP contribution in [-0.4, -0.2) is 37.8 Å². The Morgan fingerprint density at radius 1 is 1.11 bits per heavy atom. The molecule has 0 aliphatic heterocycles. The van der Waals surface area contributed by atoms with Crippen LogP contribution in [0.15, 0.2) is 36.5 Å². The molecular formula is C29H43N3O3. The number of nitrogens with zero attached hydrogens (tertiary/aromatic N) is 2. The Bertz CT molecular complexity index is 937. The number of aromatic nitrogens is 1. The van der Waals surface area contributed by atoms with Gasteiger partial charge in [-0.1, -0.05) is 39.8 Å². The van der Waals surface area contributed by atoms with Gasteiger partial charge in [0.05, 0.1) is 31.5 Å². The number of benzene rings is 1. The molecule has 0 unspecified atom stereocenters. The molecule has 1 aromatic carbocycles. The van der Waals surface area contributed by atoms with E-state index in [1.807, 2.05) is 18.3 Å². The van der Waals surface area contributed by atoms with E-state index in [0.29, 0.717) is 25.0 Å². The second-order valence-electron chi connectivity index (χ2n) is 10.5. The first-order chi connectivity index (χ1) is 16.8. The molecule has 0 saturated heterocycles. The lowest BCUT2D eigenvalue weighted by Crippen LogP contribution is -2.40. The summed E-state index contributed by atoms with van der Waals surface area (Å²) in [5.74, 6) is 2.02. The first-order valence-corrected chi connectivity index (χ1v) is 13.0. The minimum atomic E-state index is -0.191. The van der Waals surface area contributed by atoms with E-state index in [2.05, 4.69) is 61.1 Å². The summed E-state index contributed by atoms with van der Waals surface area (Å²) in [6, 6.07) is 11.2. The molecule has 0 bridgehead atoms. The van der Waals surface area contributed by atoms with Gasteiger partial charge in [0.2, 0.25) is 0 Å². The summed E-state index contributed by atoms with van der Waals surface area (Å²) in [5.41, 5.74) is 4.39. The molecule has 0 spiro atoms. The second kappa shape index (κ2) is 12.9. The SMILES string of the molecule is COCc1ccc(Nc2cc([C@H](C)CC(=O)OC)ccc2N(CC(C)C)C2CCC(C)CC2)nc1. The van der Waals surface area contributed by atoms with Gasteiger partial charge in [-0.25, -0.2) is 4.98 Å². The van der Waals surface area contributed by atoms with E-state index in [4.69, 9.17) is 9.47 Å². The van der Waals surface area contributed by atoms with Gasteiger partial charge >= 0.3 is 5.97 Å². The van der Waals surface area contributed by atoms with Crippen molar-refractivity contribution in [3.63, 3.8) is 0 Å². The van der Waals surface area contributed by atoms with Gasteiger partial charge in [0.1, 0.15) is 5.82 Å². The molecule has 1 N–H and O–H groups in total. The molecule has 6 nitrogen and oxygen atoms in total. The van der Waals surface area contributed by atoms with Gasteiger partial charge in [0.15, 0.2) is 0 Å². The fourth-order valence-corrected chi connectivity index (χ4v) is 4.94. The Kier molecular flexibility index (Phi) is 9.96. The number of ether oxygens (including phenoxy) is 2. The van der Waals surface area contributed by atoms with Crippen LogP contribution in [-0.2, 0) is 20.9 Å². The molecule has 1 heterocycles. The molecule has 0 amide bonds. The Morgan fingerprint density at radius 2 is 1.86 bits per heavy atom. The number of esters is 1. The summed E-state index contributed by atoms with van der Waals surface area (Å²) < 4.78 is 10.1. The van der Waals surface area contributed by atoms with Crippen molar-refractivity contribution in [2.75, 3.05) is 31.0 Å². The van der Waals surface area contributed by atoms with Gasteiger partial charge in [0, 0.05) is 25.9 Å². The highest BCUT2D eigenvalue weighted by atomic mass is 16.5. The zero-order valence-corrected chi connectivity index (χ0v) is 22.3. The number of hydrogen-bond donors (Lipinski definition) is 1. The largest absolute Gasteiger partial charge is 0.469 e. The molecular weight excluding hydrogens is 438 g/mol. The highest BCUT2D eigenvalue weighted by Crippen LogP contribution is 2.38. The van der Waals surface area contributed by atoms with Crippen LogP contribution in [0.1, 0.15) is 76.8 Å². The normalized spacial score (nSPS) is 18.8. The molecule has 1 atom stereocenters. The van der Waals surface area contributed by atoms with Gasteiger partial charge in [-0.05, 0) is 72.8 Å². The molecule has 3 rings (SSSR count). The van der Waals surface area contributed by atoms with E-state index in [1.54, 1.807) is 7.11 Å². The third-order valence-electron chi connectivity index (χ3n) is 6.99. The third-order valence-corrected chi connectivity index (χ3v) is 6.99. The molecule has 1 fully saturated rings. The topological polar surface area (TPSA) is 63.7 Å². The number of nitrogens with one attached hydrogen (secondary N) is 1. The Hall–Kier alpha value is -2.60. The van der Waals surface area contributed by atoms with Crippen molar-refractivity contribution in [1.82, 2.24) is 4.98 Å². The van der Waals surface area contributed by atoms with Crippen molar-refractivity contribution in [2.45, 2.75) is 78.4 Å². The van der Waals surface area contributed by atoms with Crippen LogP contribution in [0.25, 0.3) is 0 Å². The van der Waals surface area contributed by atoms with E-state index >= 15 is 0 Å². The maximum atomic E-state index is 11.9. The molecule has 6 heteroatoms. The lowest BCUT2D eigenvalue weighted by atomic mass is 9.86. The molecule has 2 aromatic rings. The van der Waals surface area contributed by atoms with Crippen LogP contribution in [0.2, 0.25) is 0 Å². The molecule has 1 aliphatic carbocycles. The van der Waals surface area contributed by atoms with Crippen LogP contribution < -0.4 is 10.2 Å². The predicted molar refractivity (Wildman–Crippen MR) is 143 cm³/mol. The van der Waals surface area contributed by atoms with Crippen LogP contribution in [0.3, 0.4) is 0 Å². The number of methoxy groups -OCH3 is 2. The number of pyridine rings is 1. The zero-order chi connectivity index (χ0) is 25.4. The maximum Gasteiger partial charge on any atom is 0.306 e. The summed E-state index contributed by atoms with van der Waals surface area (Å²) in [5, 5.41) is 3.60. The van der Waals surface area contributed by atoms with Crippen LogP contribution in [0.5, 0.6) is 0 Å². The highest BCUT2D eigenvalue weighted by molar-refractivity contribution is 5.76. The molecule has 35 heavy (non-hydrogen) atoms. The summed E-state index contributed by atoms with van der Waals surface area (Å²) >= 11 is 0. The van der Waals surface area contributed by atoms with Gasteiger partial charge < -0.3 is 19.7 Å². The molecule has 1 aliphatic rings. The van der Waals surface area contributed by atoms with Crippen molar-refractivity contribution < 1.29 is 14.3 Å². The smallest absolute Gasteiger partial charge is 0.306 e. The van der Waals surface area contributed by atoms with Gasteiger partial charge in [0.25, 0.3) is 0 Å². The fourth-order valence-electron chi connectivity index (χ4n) is 4.94. The number of carbonyl (C=O) groups is 1. The Labute approximate surface area is 211 Å². The van der Waals surface area contributed by atoms with Gasteiger partial charge in [-0.15, -0.1) is 0 Å². The molecule has 1 saturated carbocycles. The van der Waals surface area contributed by atoms with Crippen LogP contribution in [0.4, 0.5) is 17.2 Å². The number of carbonyl (C=O) groups excluding carboxylic acids is 1. The van der Waals surface area contributed by atoms with Crippen molar-refractivity contribution in [2.24, 2.45) is 11.8 Å². The maximum absolute atomic E-state index is 11.9. The van der Waals surface area contributed by atoms with E-state index < -0.39 is 0 Å². The van der Waals surface area contributed by atoms with Crippen molar-refractivity contribution >= 4 is 23.2 Å². The summed E-state index contributed by atoms with van der Waals surface area (Å²) in [6.45, 7) is 10.6. The standard InChI is InChI=1S/C29H43N3O3/c1-20(2)18-32(25-11-7-21(3)8-12-25)27-13-10-24(22(4)15-29(33)35-6)16-26(27)31-28-14-9-23(17-30-28)19-34-5/h9-10,13-14,16-17,20-22,25H,7-8,11-12,15,18-19H2,1-6H3,(H,30,31)/t21?,22-,25?/m1/s1. The molecule has 1 aromatic heterocycles. The summed E-state index contributed by atoms with van der Waals surface area (Å²) in [7, 11) is 3.13. The first-order valence-electron chi connectivity index (χ1n) is 13.0. The number of anilines is 3. The monoisotopic (exact) mass is 481 g/mol. The van der Waals surface area contributed by atoms with Crippen molar-refractivity contribution in [1.29, 1.82) is 0 Å². The molecule has 192 valence electrons. The third kappa shape index (κ3) is 7.69. The predicted octanol–water partition coefficient (Wildman–Crippen LogP) is 6.68. The van der Waals surface area contributed by atoms with Crippen molar-refractivity contribution in [3.8, 4) is 0 Å². The minimum absolute atomic E-state index is 0.0585. The minimum Gasteiger partial charge on any atom is -0.469 e. The van der Waals surface area contributed by atoms with Crippen LogP contribution >= 0.6 is 0 Å². The Balaban J connectivity index is 1.97. The summed E-state index contributed by atoms with van der Waals surface area (Å²) in [6.07, 6.45) is 7.20. The summed E-state index contributed by atoms with van der Waals surface area (Å²) in [4.78, 5) is 19.2. The number of rotatable bonds is 11. The average Bonchev–Trinajstić information content (AvgIpc) is 2.84. The van der Waals surface area contributed by atoms with Gasteiger partial charge in [-0.2, -0.15) is 0 Å². The highest BCUT2D eigenvalue weighted by Gasteiger charge is 2.27. The van der Waals surface area contributed by atoms with E-state index in [1.165, 1.54) is 38.5 Å². The van der Waals surface area contributed by atoms with E-state index in [9.17, 15) is 4.79 Å². The molecule has 0 radical (unpaired) electrons. The second-order valence-corrected chi connectivity index (χ2v) is 10.5. The average molecular weight is 482 g/mol. The number of hydrogen-bond acceptors (Lipinski definition) is 6. The van der Waals surface area contributed by atoms with E-state index in [-0.39, 0.29) is 11.9 Å². The Morgan fingerprint density at radius 3 is 2.46 bits per heavy atom. The zero-order valence-electron chi connectivity index (χ0n) is 22.3. The van der Waals surface area contributed by atoms with Gasteiger partial charge in [-0.3, -0.25) is 4.79 Å². The lowest BCUT2D eigenvalue weighted by Gasteiger charge is -2.40. The van der Waals surface area contributed by atoms with E-state index in [0.717, 1.165) is 35.1 Å². The fraction of sp³-hybridized carbons (Fsp3) is 0.586. The quantitative estimate of drug-likeness (QED) is 0.361.